The summed E-state index contributed by atoms with van der Waals surface area (Å²) < 4.78 is 5.71. The van der Waals surface area contributed by atoms with Crippen LogP contribution in [0.3, 0.4) is 0 Å². The third-order valence-electron chi connectivity index (χ3n) is 9.09. The number of anilines is 1. The third kappa shape index (κ3) is 3.89. The summed E-state index contributed by atoms with van der Waals surface area (Å²) >= 11 is 1.50. The molecule has 7 rings (SSSR count). The molecule has 5 aliphatic rings. The highest BCUT2D eigenvalue weighted by Crippen LogP contribution is 2.66. The third-order valence-corrected chi connectivity index (χ3v) is 10.3. The Morgan fingerprint density at radius 2 is 1.91 bits per heavy atom. The van der Waals surface area contributed by atoms with Gasteiger partial charge in [-0.15, -0.1) is 11.3 Å². The van der Waals surface area contributed by atoms with Crippen LogP contribution in [0, 0.1) is 34.5 Å². The maximum Gasteiger partial charge on any atom is 0.312 e. The first-order valence-electron chi connectivity index (χ1n) is 13.0. The van der Waals surface area contributed by atoms with E-state index < -0.39 is 5.41 Å². The Kier molecular flexibility index (Phi) is 5.52. The van der Waals surface area contributed by atoms with Gasteiger partial charge in [-0.05, 0) is 92.1 Å². The number of ether oxygens (including phenoxy) is 1. The Morgan fingerprint density at radius 3 is 2.63 bits per heavy atom. The molecular formula is C29H32N2O3S. The summed E-state index contributed by atoms with van der Waals surface area (Å²) in [6.07, 6.45) is 9.01. The topological polar surface area (TPSA) is 79.2 Å². The molecule has 1 heterocycles. The molecule has 5 nitrogen and oxygen atoms in total. The zero-order valence-electron chi connectivity index (χ0n) is 20.3. The number of benzene rings is 1. The molecule has 5 aliphatic carbocycles. The van der Waals surface area contributed by atoms with Crippen LogP contribution >= 0.6 is 11.3 Å². The van der Waals surface area contributed by atoms with Crippen LogP contribution in [0.2, 0.25) is 0 Å². The molecule has 2 aromatic rings. The average Bonchev–Trinajstić information content (AvgIpc) is 3.18. The number of fused-ring (bicyclic) bond motifs is 1. The molecule has 0 saturated heterocycles. The summed E-state index contributed by atoms with van der Waals surface area (Å²) in [6, 6.07) is 13.0. The highest BCUT2D eigenvalue weighted by atomic mass is 32.1. The molecule has 4 saturated carbocycles. The van der Waals surface area contributed by atoms with Crippen LogP contribution in [0.25, 0.3) is 0 Å². The molecule has 1 aromatic carbocycles. The molecule has 1 aromatic heterocycles. The van der Waals surface area contributed by atoms with Crippen LogP contribution < -0.4 is 5.32 Å². The standard InChI is InChI=1S/C29H32N2O3S/c1-18-7-8-22-23(15-30)26(35-24(22)9-18)31-25(32)16-34-27(33)29-13-19-10-20(14-29)12-28(11-19,17-29)21-5-3-2-4-6-21/h2-6,18-20H,7-14,16-17H2,1H3,(H,31,32)/t18-,19-,20+,28?,29?/m0/s1. The molecule has 1 amide bonds. The molecule has 5 atom stereocenters. The lowest BCUT2D eigenvalue weighted by atomic mass is 9.43. The van der Waals surface area contributed by atoms with Crippen LogP contribution in [0.5, 0.6) is 0 Å². The predicted molar refractivity (Wildman–Crippen MR) is 135 cm³/mol. The number of carbonyl (C=O) groups excluding carboxylic acids is 2. The van der Waals surface area contributed by atoms with Gasteiger partial charge in [-0.25, -0.2) is 0 Å². The second-order valence-corrected chi connectivity index (χ2v) is 12.8. The SMILES string of the molecule is C[C@H]1CCc2c(sc(NC(=O)COC(=O)C34C[C@H]5C[C@@H](C3)CC(c3ccccc3)(C5)C4)c2C#N)C1. The Morgan fingerprint density at radius 1 is 1.17 bits per heavy atom. The van der Waals surface area contributed by atoms with Gasteiger partial charge in [0.05, 0.1) is 11.0 Å². The van der Waals surface area contributed by atoms with Crippen molar-refractivity contribution in [3.8, 4) is 6.07 Å². The Balaban J connectivity index is 1.15. The second kappa shape index (κ2) is 8.48. The summed E-state index contributed by atoms with van der Waals surface area (Å²) in [4.78, 5) is 27.5. The molecule has 182 valence electrons. The Bertz CT molecular complexity index is 1200. The van der Waals surface area contributed by atoms with E-state index in [1.54, 1.807) is 0 Å². The summed E-state index contributed by atoms with van der Waals surface area (Å²) in [5.74, 6) is 1.13. The lowest BCUT2D eigenvalue weighted by molar-refractivity contribution is -0.175. The number of nitriles is 1. The molecule has 4 bridgehead atoms. The molecule has 35 heavy (non-hydrogen) atoms. The van der Waals surface area contributed by atoms with E-state index in [4.69, 9.17) is 4.74 Å². The first-order valence-corrected chi connectivity index (χ1v) is 13.8. The second-order valence-electron chi connectivity index (χ2n) is 11.7. The van der Waals surface area contributed by atoms with E-state index in [0.29, 0.717) is 28.3 Å². The van der Waals surface area contributed by atoms with Gasteiger partial charge in [-0.3, -0.25) is 9.59 Å². The van der Waals surface area contributed by atoms with Crippen molar-refractivity contribution in [3.63, 3.8) is 0 Å². The van der Waals surface area contributed by atoms with Crippen molar-refractivity contribution in [2.24, 2.45) is 23.2 Å². The molecule has 0 aliphatic heterocycles. The number of nitrogens with zero attached hydrogens (tertiary/aromatic N) is 1. The van der Waals surface area contributed by atoms with Crippen LogP contribution in [0.15, 0.2) is 30.3 Å². The van der Waals surface area contributed by atoms with Gasteiger partial charge in [0.15, 0.2) is 6.61 Å². The fraction of sp³-hybridized carbons (Fsp3) is 0.552. The number of rotatable bonds is 5. The number of amides is 1. The fourth-order valence-electron chi connectivity index (χ4n) is 8.03. The van der Waals surface area contributed by atoms with Gasteiger partial charge in [0.25, 0.3) is 5.91 Å². The van der Waals surface area contributed by atoms with Crippen molar-refractivity contribution in [3.05, 3.63) is 51.9 Å². The van der Waals surface area contributed by atoms with E-state index in [1.165, 1.54) is 28.2 Å². The normalized spacial score (nSPS) is 32.5. The zero-order chi connectivity index (χ0) is 24.2. The monoisotopic (exact) mass is 488 g/mol. The molecule has 2 unspecified atom stereocenters. The van der Waals surface area contributed by atoms with E-state index in [2.05, 4.69) is 48.6 Å². The average molecular weight is 489 g/mol. The summed E-state index contributed by atoms with van der Waals surface area (Å²) in [5, 5.41) is 13.2. The van der Waals surface area contributed by atoms with E-state index in [1.807, 2.05) is 0 Å². The van der Waals surface area contributed by atoms with Gasteiger partial charge >= 0.3 is 5.97 Å². The number of nitrogens with one attached hydrogen (secondary N) is 1. The molecule has 1 N–H and O–H groups in total. The number of esters is 1. The lowest BCUT2D eigenvalue weighted by Crippen LogP contribution is -2.57. The molecule has 0 radical (unpaired) electrons. The van der Waals surface area contributed by atoms with E-state index in [-0.39, 0.29) is 23.9 Å². The smallest absolute Gasteiger partial charge is 0.312 e. The zero-order valence-corrected chi connectivity index (χ0v) is 21.1. The van der Waals surface area contributed by atoms with E-state index >= 15 is 0 Å². The van der Waals surface area contributed by atoms with Gasteiger partial charge in [0.1, 0.15) is 11.1 Å². The Labute approximate surface area is 210 Å². The van der Waals surface area contributed by atoms with Crippen molar-refractivity contribution in [2.75, 3.05) is 11.9 Å². The maximum atomic E-state index is 13.5. The summed E-state index contributed by atoms with van der Waals surface area (Å²) in [7, 11) is 0. The molecule has 0 spiro atoms. The van der Waals surface area contributed by atoms with E-state index in [9.17, 15) is 14.9 Å². The van der Waals surface area contributed by atoms with Gasteiger partial charge in [0, 0.05) is 4.88 Å². The van der Waals surface area contributed by atoms with Crippen molar-refractivity contribution in [1.82, 2.24) is 0 Å². The van der Waals surface area contributed by atoms with Gasteiger partial charge in [-0.2, -0.15) is 5.26 Å². The number of carbonyl (C=O) groups is 2. The molecule has 4 fully saturated rings. The minimum Gasteiger partial charge on any atom is -0.455 e. The van der Waals surface area contributed by atoms with Crippen molar-refractivity contribution < 1.29 is 14.3 Å². The van der Waals surface area contributed by atoms with E-state index in [0.717, 1.165) is 56.9 Å². The molecule has 6 heteroatoms. The molecular weight excluding hydrogens is 456 g/mol. The van der Waals surface area contributed by atoms with Gasteiger partial charge < -0.3 is 10.1 Å². The van der Waals surface area contributed by atoms with Crippen molar-refractivity contribution >= 4 is 28.2 Å². The predicted octanol–water partition coefficient (Wildman–Crippen LogP) is 5.76. The van der Waals surface area contributed by atoms with Crippen molar-refractivity contribution in [1.29, 1.82) is 5.26 Å². The number of thiophene rings is 1. The highest BCUT2D eigenvalue weighted by Gasteiger charge is 2.61. The lowest BCUT2D eigenvalue weighted by Gasteiger charge is -2.61. The number of hydrogen-bond acceptors (Lipinski definition) is 5. The maximum absolute atomic E-state index is 13.5. The number of hydrogen-bond donors (Lipinski definition) is 1. The minimum atomic E-state index is -0.476. The van der Waals surface area contributed by atoms with Gasteiger partial charge in [0.2, 0.25) is 0 Å². The quantitative estimate of drug-likeness (QED) is 0.542. The van der Waals surface area contributed by atoms with Crippen molar-refractivity contribution in [2.45, 2.75) is 70.1 Å². The highest BCUT2D eigenvalue weighted by molar-refractivity contribution is 7.16. The largest absolute Gasteiger partial charge is 0.455 e. The summed E-state index contributed by atoms with van der Waals surface area (Å²) in [6.45, 7) is 1.93. The van der Waals surface area contributed by atoms with Crippen LogP contribution in [0.1, 0.15) is 73.4 Å². The van der Waals surface area contributed by atoms with Crippen LogP contribution in [-0.4, -0.2) is 18.5 Å². The van der Waals surface area contributed by atoms with Crippen LogP contribution in [-0.2, 0) is 32.6 Å². The summed E-state index contributed by atoms with van der Waals surface area (Å²) in [5.41, 5.74) is 2.60. The first kappa shape index (κ1) is 22.8. The first-order chi connectivity index (χ1) is 16.9. The van der Waals surface area contributed by atoms with Gasteiger partial charge in [-0.1, -0.05) is 37.3 Å². The Hall–Kier alpha value is -2.65. The minimum absolute atomic E-state index is 0.0570. The van der Waals surface area contributed by atoms with Crippen LogP contribution in [0.4, 0.5) is 5.00 Å². The fourth-order valence-corrected chi connectivity index (χ4v) is 9.41.